The van der Waals surface area contributed by atoms with Gasteiger partial charge in [0.1, 0.15) is 0 Å². The first-order valence-corrected chi connectivity index (χ1v) is 18.9. The number of halogens is 8. The summed E-state index contributed by atoms with van der Waals surface area (Å²) in [6, 6.07) is -3.83. The summed E-state index contributed by atoms with van der Waals surface area (Å²) >= 11 is 0. The minimum atomic E-state index is -5.06. The maximum Gasteiger partial charge on any atom is 0.333 e. The van der Waals surface area contributed by atoms with Gasteiger partial charge in [-0.2, -0.15) is 0 Å². The fourth-order valence-corrected chi connectivity index (χ4v) is 25.1. The van der Waals surface area contributed by atoms with Crippen LogP contribution in [0.1, 0.15) is 0 Å². The van der Waals surface area contributed by atoms with Gasteiger partial charge in [0.15, 0.2) is 0 Å². The van der Waals surface area contributed by atoms with Crippen LogP contribution in [0.25, 0.3) is 0 Å². The molecule has 0 aliphatic carbocycles. The Hall–Kier alpha value is 0.148. The lowest BCUT2D eigenvalue weighted by molar-refractivity contribution is -0.127. The molecule has 0 radical (unpaired) electrons. The molecule has 0 N–H and O–H groups in total. The van der Waals surface area contributed by atoms with Crippen molar-refractivity contribution in [2.45, 2.75) is 76.1 Å². The van der Waals surface area contributed by atoms with E-state index in [1.54, 1.807) is 13.1 Å². The quantitative estimate of drug-likeness (QED) is 0.364. The number of rotatable bonds is 6. The monoisotopic (exact) mass is 496 g/mol. The summed E-state index contributed by atoms with van der Waals surface area (Å²) in [5.74, 6) is -9.54. The van der Waals surface area contributed by atoms with Gasteiger partial charge in [0.05, 0.1) is 12.1 Å². The summed E-state index contributed by atoms with van der Waals surface area (Å²) in [5, 5.41) is 0. The van der Waals surface area contributed by atoms with E-state index in [0.29, 0.717) is 0 Å². The van der Waals surface area contributed by atoms with E-state index in [1.165, 1.54) is 26.2 Å². The second kappa shape index (κ2) is 8.01. The lowest BCUT2D eigenvalue weighted by atomic mass is 10.4. The molecule has 0 bridgehead atoms. The first-order chi connectivity index (χ1) is 12.1. The highest BCUT2D eigenvalue weighted by molar-refractivity contribution is 6.93. The van der Waals surface area contributed by atoms with Gasteiger partial charge in [-0.05, 0) is 39.3 Å². The molecule has 1 rings (SSSR count). The molecule has 0 aromatic rings. The van der Waals surface area contributed by atoms with Gasteiger partial charge in [0.2, 0.25) is 0 Å². The Morgan fingerprint density at radius 3 is 1.07 bits per heavy atom. The van der Waals surface area contributed by atoms with Crippen molar-refractivity contribution < 1.29 is 51.6 Å². The third-order valence-corrected chi connectivity index (χ3v) is 20.3. The van der Waals surface area contributed by atoms with Crippen LogP contribution in [0.5, 0.6) is 0 Å². The maximum absolute atomic E-state index is 13.9. The number of hydrogen-bond donors (Lipinski definition) is 0. The minimum absolute atomic E-state index is 1.32. The van der Waals surface area contributed by atoms with Gasteiger partial charge in [0, 0.05) is 0 Å². The molecule has 16 heteroatoms. The third kappa shape index (κ3) is 7.13. The van der Waals surface area contributed by atoms with E-state index in [4.69, 9.17) is 16.5 Å². The van der Waals surface area contributed by atoms with E-state index in [-0.39, 0.29) is 0 Å². The van der Waals surface area contributed by atoms with Crippen LogP contribution in [0.4, 0.5) is 35.1 Å². The summed E-state index contributed by atoms with van der Waals surface area (Å²) in [5.41, 5.74) is 0. The van der Waals surface area contributed by atoms with Crippen molar-refractivity contribution in [2.24, 2.45) is 0 Å². The first kappa shape index (κ1) is 26.2. The molecular formula is C12H24F8O4Si4. The second-order valence-corrected chi connectivity index (χ2v) is 22.2. The fourth-order valence-electron chi connectivity index (χ4n) is 3.24. The predicted octanol–water partition coefficient (Wildman–Crippen LogP) is 5.41. The van der Waals surface area contributed by atoms with E-state index in [2.05, 4.69) is 0 Å². The normalized spacial score (nSPS) is 24.9. The van der Waals surface area contributed by atoms with Crippen molar-refractivity contribution in [1.29, 1.82) is 0 Å². The SMILES string of the molecule is C[Si]1(C)O[Si](C)(C)O[Si](CC(F)(F)C(F)F)(CC(F)(F)C(F)F)O[Si](C)(C)O1. The highest BCUT2D eigenvalue weighted by Gasteiger charge is 2.64. The average molecular weight is 497 g/mol. The molecule has 1 aliphatic rings. The van der Waals surface area contributed by atoms with E-state index in [0.717, 1.165) is 0 Å². The zero-order chi connectivity index (χ0) is 22.4. The van der Waals surface area contributed by atoms with Crippen LogP contribution in [0.15, 0.2) is 0 Å². The molecule has 0 spiro atoms. The summed E-state index contributed by atoms with van der Waals surface area (Å²) in [6.45, 7) is 8.46. The van der Waals surface area contributed by atoms with Crippen LogP contribution in [-0.2, 0) is 16.5 Å². The molecule has 0 aromatic heterocycles. The van der Waals surface area contributed by atoms with Crippen LogP contribution < -0.4 is 0 Å². The van der Waals surface area contributed by atoms with Crippen molar-refractivity contribution >= 4 is 34.2 Å². The lowest BCUT2D eigenvalue weighted by Crippen LogP contribution is -2.68. The standard InChI is InChI=1S/C12H24F8O4Si4/c1-25(2)21-26(3,4)23-28(24-27(5,6)22-25,7-11(17,18)9(13)14)8-12(19,20)10(15)16/h9-10H,7-8H2,1-6H3. The van der Waals surface area contributed by atoms with Crippen LogP contribution in [0, 0.1) is 0 Å². The Morgan fingerprint density at radius 1 is 0.571 bits per heavy atom. The van der Waals surface area contributed by atoms with Gasteiger partial charge in [0.25, 0.3) is 0 Å². The van der Waals surface area contributed by atoms with Crippen molar-refractivity contribution in [3.63, 3.8) is 0 Å². The molecule has 1 fully saturated rings. The van der Waals surface area contributed by atoms with Gasteiger partial charge in [-0.25, -0.2) is 35.1 Å². The molecule has 1 saturated heterocycles. The molecule has 1 aliphatic heterocycles. The molecule has 0 saturated carbocycles. The Kier molecular flexibility index (Phi) is 7.49. The summed E-state index contributed by atoms with van der Waals surface area (Å²) in [7, 11) is -15.1. The van der Waals surface area contributed by atoms with Crippen molar-refractivity contribution in [3.05, 3.63) is 0 Å². The molecule has 168 valence electrons. The Bertz CT molecular complexity index is 516. The van der Waals surface area contributed by atoms with Crippen LogP contribution in [0.3, 0.4) is 0 Å². The Morgan fingerprint density at radius 2 is 0.821 bits per heavy atom. The summed E-state index contributed by atoms with van der Waals surface area (Å²) in [6.07, 6.45) is -8.42. The average Bonchev–Trinajstić information content (AvgIpc) is 2.29. The zero-order valence-electron chi connectivity index (χ0n) is 16.2. The van der Waals surface area contributed by atoms with E-state index in [1.807, 2.05) is 0 Å². The fraction of sp³-hybridized carbons (Fsp3) is 1.00. The number of alkyl halides is 8. The van der Waals surface area contributed by atoms with E-state index >= 15 is 0 Å². The Balaban J connectivity index is 3.52. The summed E-state index contributed by atoms with van der Waals surface area (Å²) in [4.78, 5) is 0. The second-order valence-electron chi connectivity index (χ2n) is 8.00. The summed E-state index contributed by atoms with van der Waals surface area (Å²) < 4.78 is 129. The lowest BCUT2D eigenvalue weighted by Gasteiger charge is -2.49. The first-order valence-electron chi connectivity index (χ1n) is 8.25. The van der Waals surface area contributed by atoms with Gasteiger partial charge in [-0.15, -0.1) is 0 Å². The largest absolute Gasteiger partial charge is 0.416 e. The predicted molar refractivity (Wildman–Crippen MR) is 94.1 cm³/mol. The molecule has 1 heterocycles. The Labute approximate surface area is 162 Å². The highest BCUT2D eigenvalue weighted by Crippen LogP contribution is 2.45. The van der Waals surface area contributed by atoms with E-state index in [9.17, 15) is 35.1 Å². The molecular weight excluding hydrogens is 472 g/mol. The molecule has 0 atom stereocenters. The van der Waals surface area contributed by atoms with Crippen LogP contribution in [-0.4, -0.2) is 58.9 Å². The molecule has 0 aromatic carbocycles. The van der Waals surface area contributed by atoms with Crippen LogP contribution in [0.2, 0.25) is 51.4 Å². The van der Waals surface area contributed by atoms with Crippen molar-refractivity contribution in [3.8, 4) is 0 Å². The molecule has 4 nitrogen and oxygen atoms in total. The van der Waals surface area contributed by atoms with Gasteiger partial charge in [-0.1, -0.05) is 0 Å². The van der Waals surface area contributed by atoms with E-state index < -0.39 is 71.0 Å². The molecule has 0 amide bonds. The van der Waals surface area contributed by atoms with Crippen molar-refractivity contribution in [2.75, 3.05) is 0 Å². The number of hydrogen-bond acceptors (Lipinski definition) is 4. The minimum Gasteiger partial charge on any atom is -0.416 e. The van der Waals surface area contributed by atoms with Gasteiger partial charge < -0.3 is 16.5 Å². The van der Waals surface area contributed by atoms with Crippen LogP contribution >= 0.6 is 0 Å². The topological polar surface area (TPSA) is 36.9 Å². The highest BCUT2D eigenvalue weighted by atomic mass is 28.5. The van der Waals surface area contributed by atoms with Crippen molar-refractivity contribution in [1.82, 2.24) is 0 Å². The maximum atomic E-state index is 13.9. The molecule has 0 unspecified atom stereocenters. The van der Waals surface area contributed by atoms with Gasteiger partial charge in [-0.3, -0.25) is 0 Å². The van der Waals surface area contributed by atoms with Gasteiger partial charge >= 0.3 is 58.9 Å². The third-order valence-electron chi connectivity index (χ3n) is 3.50. The smallest absolute Gasteiger partial charge is 0.333 e. The zero-order valence-corrected chi connectivity index (χ0v) is 20.2. The molecule has 28 heavy (non-hydrogen) atoms.